The van der Waals surface area contributed by atoms with Gasteiger partial charge in [-0.25, -0.2) is 8.42 Å². The number of benzene rings is 1. The van der Waals surface area contributed by atoms with Crippen LogP contribution in [0.15, 0.2) is 18.2 Å². The lowest BCUT2D eigenvalue weighted by atomic mass is 9.95. The van der Waals surface area contributed by atoms with E-state index in [-0.39, 0.29) is 6.54 Å². The molecule has 2 N–H and O–H groups in total. The fraction of sp³-hybridized carbons (Fsp3) is 0.588. The lowest BCUT2D eigenvalue weighted by Gasteiger charge is -2.34. The average Bonchev–Trinajstić information content (AvgIpc) is 2.84. The highest BCUT2D eigenvalue weighted by atomic mass is 32.2. The number of ether oxygens (including phenoxy) is 2. The van der Waals surface area contributed by atoms with Crippen molar-refractivity contribution in [1.29, 1.82) is 0 Å². The molecule has 0 saturated carbocycles. The van der Waals surface area contributed by atoms with E-state index in [0.29, 0.717) is 50.6 Å². The molecule has 1 fully saturated rings. The molecule has 0 aromatic heterocycles. The summed E-state index contributed by atoms with van der Waals surface area (Å²) in [6.45, 7) is 2.50. The minimum Gasteiger partial charge on any atom is -0.490 e. The average molecular weight is 368 g/mol. The van der Waals surface area contributed by atoms with Crippen molar-refractivity contribution in [3.05, 3.63) is 23.8 Å². The number of hydrogen-bond acceptors (Lipinski definition) is 6. The third kappa shape index (κ3) is 3.74. The van der Waals surface area contributed by atoms with Gasteiger partial charge in [-0.3, -0.25) is 4.79 Å². The van der Waals surface area contributed by atoms with E-state index in [9.17, 15) is 13.2 Å². The van der Waals surface area contributed by atoms with Gasteiger partial charge in [0.15, 0.2) is 26.1 Å². The third-order valence-electron chi connectivity index (χ3n) is 4.80. The zero-order valence-corrected chi connectivity index (χ0v) is 15.2. The molecule has 25 heavy (non-hydrogen) atoms. The Balaban J connectivity index is 1.72. The number of carbonyl (C=O) groups excluding carboxylic acids is 1. The summed E-state index contributed by atoms with van der Waals surface area (Å²) in [5, 5.41) is 5.90. The zero-order chi connectivity index (χ0) is 17.9. The van der Waals surface area contributed by atoms with Crippen LogP contribution in [-0.4, -0.2) is 51.6 Å². The topological polar surface area (TPSA) is 93.7 Å². The zero-order valence-electron chi connectivity index (χ0n) is 14.3. The molecule has 1 aromatic carbocycles. The molecule has 3 rings (SSSR count). The van der Waals surface area contributed by atoms with E-state index < -0.39 is 20.5 Å². The van der Waals surface area contributed by atoms with Crippen LogP contribution in [0.5, 0.6) is 11.5 Å². The monoisotopic (exact) mass is 368 g/mol. The molecule has 8 heteroatoms. The maximum absolute atomic E-state index is 12.7. The maximum Gasteiger partial charge on any atom is 0.241 e. The first-order chi connectivity index (χ1) is 11.9. The number of hydrogen-bond donors (Lipinski definition) is 2. The molecule has 1 saturated heterocycles. The molecule has 7 nitrogen and oxygen atoms in total. The Hall–Kier alpha value is -1.80. The van der Waals surface area contributed by atoms with Gasteiger partial charge < -0.3 is 20.1 Å². The Labute approximate surface area is 148 Å². The summed E-state index contributed by atoms with van der Waals surface area (Å²) in [5.74, 6) is 0.922. The molecule has 0 atom stereocenters. The van der Waals surface area contributed by atoms with Crippen molar-refractivity contribution in [3.8, 4) is 11.5 Å². The van der Waals surface area contributed by atoms with Crippen LogP contribution in [-0.2, 0) is 21.2 Å². The molecule has 2 heterocycles. The quantitative estimate of drug-likeness (QED) is 0.810. The van der Waals surface area contributed by atoms with Crippen LogP contribution in [0.4, 0.5) is 0 Å². The lowest BCUT2D eigenvalue weighted by Crippen LogP contribution is -2.57. The van der Waals surface area contributed by atoms with Crippen molar-refractivity contribution in [2.75, 3.05) is 32.6 Å². The second-order valence-corrected chi connectivity index (χ2v) is 8.86. The molecule has 1 aromatic rings. The van der Waals surface area contributed by atoms with Crippen molar-refractivity contribution in [2.45, 2.75) is 30.6 Å². The summed E-state index contributed by atoms with van der Waals surface area (Å²) in [7, 11) is -3.51. The smallest absolute Gasteiger partial charge is 0.241 e. The Bertz CT molecular complexity index is 741. The van der Waals surface area contributed by atoms with E-state index in [1.54, 1.807) is 0 Å². The van der Waals surface area contributed by atoms with Crippen LogP contribution in [0.3, 0.4) is 0 Å². The fourth-order valence-electron chi connectivity index (χ4n) is 3.26. The fourth-order valence-corrected chi connectivity index (χ4v) is 4.61. The number of fused-ring (bicyclic) bond motifs is 1. The van der Waals surface area contributed by atoms with Gasteiger partial charge in [0.1, 0.15) is 0 Å². The normalized spacial score (nSPS) is 19.7. The first-order valence-electron chi connectivity index (χ1n) is 8.49. The van der Waals surface area contributed by atoms with Crippen LogP contribution >= 0.6 is 0 Å². The Morgan fingerprint density at radius 2 is 1.88 bits per heavy atom. The number of nitrogens with one attached hydrogen (secondary N) is 2. The van der Waals surface area contributed by atoms with Gasteiger partial charge in [0, 0.05) is 19.2 Å². The summed E-state index contributed by atoms with van der Waals surface area (Å²) >= 11 is 0. The predicted octanol–water partition coefficient (Wildman–Crippen LogP) is 0.631. The molecule has 0 spiro atoms. The third-order valence-corrected chi connectivity index (χ3v) is 6.81. The highest BCUT2D eigenvalue weighted by Crippen LogP contribution is 2.31. The highest BCUT2D eigenvalue weighted by molar-refractivity contribution is 7.92. The molecule has 0 aliphatic carbocycles. The minimum absolute atomic E-state index is 0.250. The van der Waals surface area contributed by atoms with E-state index in [1.807, 2.05) is 18.2 Å². The van der Waals surface area contributed by atoms with Gasteiger partial charge in [0.25, 0.3) is 0 Å². The summed E-state index contributed by atoms with van der Waals surface area (Å²) in [4.78, 5) is 12.7. The van der Waals surface area contributed by atoms with Crippen molar-refractivity contribution in [3.63, 3.8) is 0 Å². The van der Waals surface area contributed by atoms with Crippen molar-refractivity contribution >= 4 is 15.7 Å². The second-order valence-electron chi connectivity index (χ2n) is 6.53. The molecular weight excluding hydrogens is 344 g/mol. The van der Waals surface area contributed by atoms with Gasteiger partial charge in [-0.2, -0.15) is 0 Å². The number of amides is 1. The van der Waals surface area contributed by atoms with Gasteiger partial charge in [-0.15, -0.1) is 0 Å². The van der Waals surface area contributed by atoms with E-state index in [1.165, 1.54) is 0 Å². The molecule has 138 valence electrons. The first kappa shape index (κ1) is 18.0. The van der Waals surface area contributed by atoms with Gasteiger partial charge in [0.05, 0.1) is 13.2 Å². The first-order valence-corrected chi connectivity index (χ1v) is 10.4. The summed E-state index contributed by atoms with van der Waals surface area (Å²) in [6, 6.07) is 5.50. The van der Waals surface area contributed by atoms with Gasteiger partial charge in [-0.1, -0.05) is 6.07 Å². The summed E-state index contributed by atoms with van der Waals surface area (Å²) in [6.07, 6.45) is 2.55. The van der Waals surface area contributed by atoms with Gasteiger partial charge in [-0.05, 0) is 43.6 Å². The molecule has 2 aliphatic heterocycles. The van der Waals surface area contributed by atoms with Crippen LogP contribution in [0.2, 0.25) is 0 Å². The van der Waals surface area contributed by atoms with Crippen LogP contribution in [0.1, 0.15) is 24.8 Å². The highest BCUT2D eigenvalue weighted by Gasteiger charge is 2.48. The molecule has 0 unspecified atom stereocenters. The van der Waals surface area contributed by atoms with E-state index in [0.717, 1.165) is 18.2 Å². The maximum atomic E-state index is 12.7. The predicted molar refractivity (Wildman–Crippen MR) is 93.6 cm³/mol. The molecule has 0 radical (unpaired) electrons. The molecular formula is C17H24N2O5S. The molecule has 0 bridgehead atoms. The largest absolute Gasteiger partial charge is 0.490 e. The van der Waals surface area contributed by atoms with E-state index >= 15 is 0 Å². The number of rotatable bonds is 4. The van der Waals surface area contributed by atoms with Gasteiger partial charge >= 0.3 is 0 Å². The lowest BCUT2D eigenvalue weighted by molar-refractivity contribution is -0.124. The summed E-state index contributed by atoms with van der Waals surface area (Å²) in [5.41, 5.74) is 0.843. The van der Waals surface area contributed by atoms with Crippen LogP contribution in [0.25, 0.3) is 0 Å². The van der Waals surface area contributed by atoms with Crippen molar-refractivity contribution in [1.82, 2.24) is 10.6 Å². The molecule has 1 amide bonds. The standard InChI is InChI=1S/C17H24N2O5S/c1-25(21,22)17(5-7-18-8-6-17)16(20)19-12-13-3-4-14-15(11-13)24-10-2-9-23-14/h3-4,11,18H,2,5-10,12H2,1H3,(H,19,20). The van der Waals surface area contributed by atoms with Crippen LogP contribution in [0, 0.1) is 0 Å². The van der Waals surface area contributed by atoms with Crippen molar-refractivity contribution in [2.24, 2.45) is 0 Å². The second kappa shape index (κ2) is 7.21. The Kier molecular flexibility index (Phi) is 5.19. The van der Waals surface area contributed by atoms with E-state index in [4.69, 9.17) is 9.47 Å². The minimum atomic E-state index is -3.51. The Morgan fingerprint density at radius 1 is 1.20 bits per heavy atom. The SMILES string of the molecule is CS(=O)(=O)C1(C(=O)NCc2ccc3c(c2)OCCCO3)CCNCC1. The number of carbonyl (C=O) groups is 1. The van der Waals surface area contributed by atoms with Crippen LogP contribution < -0.4 is 20.1 Å². The van der Waals surface area contributed by atoms with E-state index in [2.05, 4.69) is 10.6 Å². The summed E-state index contributed by atoms with van der Waals surface area (Å²) < 4.78 is 34.4. The number of sulfone groups is 1. The number of piperidine rings is 1. The van der Waals surface area contributed by atoms with Gasteiger partial charge in [0.2, 0.25) is 5.91 Å². The Morgan fingerprint density at radius 3 is 2.56 bits per heavy atom. The van der Waals surface area contributed by atoms with Crippen molar-refractivity contribution < 1.29 is 22.7 Å². The molecule has 2 aliphatic rings.